The van der Waals surface area contributed by atoms with Crippen LogP contribution in [0.15, 0.2) is 35.1 Å². The SMILES string of the molecule is C.c1ccc2ocnc2c1. The van der Waals surface area contributed by atoms with Crippen LogP contribution in [0.2, 0.25) is 0 Å². The normalized spacial score (nSPS) is 9.20. The van der Waals surface area contributed by atoms with Crippen LogP contribution in [-0.4, -0.2) is 4.98 Å². The van der Waals surface area contributed by atoms with Crippen LogP contribution in [0, 0.1) is 0 Å². The summed E-state index contributed by atoms with van der Waals surface area (Å²) in [6, 6.07) is 7.67. The summed E-state index contributed by atoms with van der Waals surface area (Å²) in [5.41, 5.74) is 1.76. The zero-order valence-corrected chi connectivity index (χ0v) is 4.74. The molecule has 0 amide bonds. The van der Waals surface area contributed by atoms with Crippen LogP contribution < -0.4 is 0 Å². The number of rotatable bonds is 0. The molecule has 0 aliphatic heterocycles. The van der Waals surface area contributed by atoms with Gasteiger partial charge in [-0.2, -0.15) is 0 Å². The summed E-state index contributed by atoms with van der Waals surface area (Å²) in [6.45, 7) is 0. The lowest BCUT2D eigenvalue weighted by molar-refractivity contribution is 0.602. The van der Waals surface area contributed by atoms with Gasteiger partial charge in [-0.3, -0.25) is 0 Å². The minimum atomic E-state index is 0. The van der Waals surface area contributed by atoms with Gasteiger partial charge in [0.05, 0.1) is 0 Å². The molecule has 0 spiro atoms. The van der Waals surface area contributed by atoms with Gasteiger partial charge >= 0.3 is 0 Å². The third kappa shape index (κ3) is 0.880. The summed E-state index contributed by atoms with van der Waals surface area (Å²) in [5.74, 6) is 0. The van der Waals surface area contributed by atoms with E-state index in [1.54, 1.807) is 0 Å². The number of hydrogen-bond donors (Lipinski definition) is 0. The summed E-state index contributed by atoms with van der Waals surface area (Å²) in [7, 11) is 0. The lowest BCUT2D eigenvalue weighted by Crippen LogP contribution is -1.61. The molecule has 2 rings (SSSR count). The highest BCUT2D eigenvalue weighted by atomic mass is 16.3. The Bertz CT molecular complexity index is 283. The van der Waals surface area contributed by atoms with Crippen molar-refractivity contribution in [3.63, 3.8) is 0 Å². The van der Waals surface area contributed by atoms with Crippen molar-refractivity contribution in [3.05, 3.63) is 30.7 Å². The highest BCUT2D eigenvalue weighted by Gasteiger charge is 1.91. The number of oxazole rings is 1. The van der Waals surface area contributed by atoms with Crippen molar-refractivity contribution in [2.75, 3.05) is 0 Å². The predicted octanol–water partition coefficient (Wildman–Crippen LogP) is 2.46. The van der Waals surface area contributed by atoms with Gasteiger partial charge in [0.1, 0.15) is 5.52 Å². The molecule has 52 valence electrons. The van der Waals surface area contributed by atoms with Crippen molar-refractivity contribution >= 4 is 11.1 Å². The van der Waals surface area contributed by atoms with Crippen LogP contribution in [0.1, 0.15) is 7.43 Å². The van der Waals surface area contributed by atoms with E-state index in [2.05, 4.69) is 4.98 Å². The average molecular weight is 135 g/mol. The molecule has 2 heteroatoms. The fourth-order valence-electron chi connectivity index (χ4n) is 0.803. The van der Waals surface area contributed by atoms with E-state index in [1.165, 1.54) is 6.39 Å². The van der Waals surface area contributed by atoms with Gasteiger partial charge < -0.3 is 4.42 Å². The van der Waals surface area contributed by atoms with E-state index in [1.807, 2.05) is 24.3 Å². The predicted molar refractivity (Wildman–Crippen MR) is 40.7 cm³/mol. The first kappa shape index (κ1) is 6.81. The van der Waals surface area contributed by atoms with Crippen LogP contribution in [-0.2, 0) is 0 Å². The number of fused-ring (bicyclic) bond motifs is 1. The Morgan fingerprint density at radius 3 is 2.80 bits per heavy atom. The monoisotopic (exact) mass is 135 g/mol. The molecule has 0 aliphatic carbocycles. The van der Waals surface area contributed by atoms with Gasteiger partial charge in [0.2, 0.25) is 0 Å². The van der Waals surface area contributed by atoms with Crippen LogP contribution in [0.3, 0.4) is 0 Å². The molecule has 2 nitrogen and oxygen atoms in total. The van der Waals surface area contributed by atoms with Gasteiger partial charge in [-0.25, -0.2) is 4.98 Å². The first-order valence-corrected chi connectivity index (χ1v) is 2.75. The molecule has 0 aliphatic rings. The Labute approximate surface area is 59.5 Å². The van der Waals surface area contributed by atoms with Crippen LogP contribution in [0.4, 0.5) is 0 Å². The standard InChI is InChI=1S/C7H5NO.CH4/c1-2-4-7-6(3-1)8-5-9-7;/h1-5H;1H4. The second-order valence-corrected chi connectivity index (χ2v) is 1.82. The van der Waals surface area contributed by atoms with Crippen LogP contribution in [0.25, 0.3) is 11.1 Å². The van der Waals surface area contributed by atoms with Gasteiger partial charge in [-0.15, -0.1) is 0 Å². The smallest absolute Gasteiger partial charge is 0.181 e. The Morgan fingerprint density at radius 2 is 2.00 bits per heavy atom. The van der Waals surface area contributed by atoms with Crippen molar-refractivity contribution in [1.82, 2.24) is 4.98 Å². The molecule has 0 saturated heterocycles. The molecule has 0 saturated carbocycles. The molecule has 2 aromatic rings. The Morgan fingerprint density at radius 1 is 1.20 bits per heavy atom. The summed E-state index contributed by atoms with van der Waals surface area (Å²) >= 11 is 0. The van der Waals surface area contributed by atoms with Gasteiger partial charge in [-0.1, -0.05) is 19.6 Å². The number of hydrogen-bond acceptors (Lipinski definition) is 2. The van der Waals surface area contributed by atoms with Crippen LogP contribution >= 0.6 is 0 Å². The first-order chi connectivity index (χ1) is 4.47. The van der Waals surface area contributed by atoms with Gasteiger partial charge in [-0.05, 0) is 12.1 Å². The van der Waals surface area contributed by atoms with E-state index >= 15 is 0 Å². The quantitative estimate of drug-likeness (QED) is 0.554. The van der Waals surface area contributed by atoms with E-state index < -0.39 is 0 Å². The fourth-order valence-corrected chi connectivity index (χ4v) is 0.803. The first-order valence-electron chi connectivity index (χ1n) is 2.75. The van der Waals surface area contributed by atoms with Crippen molar-refractivity contribution in [2.45, 2.75) is 7.43 Å². The van der Waals surface area contributed by atoms with Crippen molar-refractivity contribution in [2.24, 2.45) is 0 Å². The zero-order chi connectivity index (χ0) is 6.10. The van der Waals surface area contributed by atoms with E-state index in [4.69, 9.17) is 4.42 Å². The van der Waals surface area contributed by atoms with E-state index in [-0.39, 0.29) is 7.43 Å². The van der Waals surface area contributed by atoms with Gasteiger partial charge in [0.25, 0.3) is 0 Å². The van der Waals surface area contributed by atoms with E-state index in [0.717, 1.165) is 11.1 Å². The Balaban J connectivity index is 0.000000500. The molecule has 0 N–H and O–H groups in total. The molecule has 1 aromatic carbocycles. The number of benzene rings is 1. The molecular formula is C8H9NO. The second-order valence-electron chi connectivity index (χ2n) is 1.82. The molecule has 0 unspecified atom stereocenters. The molecule has 0 bridgehead atoms. The highest BCUT2D eigenvalue weighted by Crippen LogP contribution is 2.09. The highest BCUT2D eigenvalue weighted by molar-refractivity contribution is 5.71. The summed E-state index contributed by atoms with van der Waals surface area (Å²) in [6.07, 6.45) is 1.45. The third-order valence-corrected chi connectivity index (χ3v) is 1.24. The third-order valence-electron chi connectivity index (χ3n) is 1.24. The lowest BCUT2D eigenvalue weighted by Gasteiger charge is -1.79. The number of para-hydroxylation sites is 2. The molecular weight excluding hydrogens is 126 g/mol. The lowest BCUT2D eigenvalue weighted by atomic mass is 10.3. The topological polar surface area (TPSA) is 26.0 Å². The molecule has 0 fully saturated rings. The average Bonchev–Trinajstić information content (AvgIpc) is 2.33. The van der Waals surface area contributed by atoms with Crippen LogP contribution in [0.5, 0.6) is 0 Å². The van der Waals surface area contributed by atoms with E-state index in [9.17, 15) is 0 Å². The number of nitrogens with zero attached hydrogens (tertiary/aromatic N) is 1. The minimum Gasteiger partial charge on any atom is -0.443 e. The van der Waals surface area contributed by atoms with Gasteiger partial charge in [0, 0.05) is 0 Å². The molecule has 1 aromatic heterocycles. The molecule has 0 atom stereocenters. The van der Waals surface area contributed by atoms with Crippen molar-refractivity contribution < 1.29 is 4.42 Å². The fraction of sp³-hybridized carbons (Fsp3) is 0.125. The second kappa shape index (κ2) is 2.52. The maximum absolute atomic E-state index is 5.01. The van der Waals surface area contributed by atoms with Crippen molar-refractivity contribution in [1.29, 1.82) is 0 Å². The summed E-state index contributed by atoms with van der Waals surface area (Å²) in [4.78, 5) is 3.95. The minimum absolute atomic E-state index is 0. The van der Waals surface area contributed by atoms with Crippen molar-refractivity contribution in [3.8, 4) is 0 Å². The maximum Gasteiger partial charge on any atom is 0.181 e. The zero-order valence-electron chi connectivity index (χ0n) is 4.74. The number of aromatic nitrogens is 1. The summed E-state index contributed by atoms with van der Waals surface area (Å²) < 4.78 is 5.01. The Kier molecular flexibility index (Phi) is 1.71. The molecule has 0 radical (unpaired) electrons. The van der Waals surface area contributed by atoms with E-state index in [0.29, 0.717) is 0 Å². The summed E-state index contributed by atoms with van der Waals surface area (Å²) in [5, 5.41) is 0. The largest absolute Gasteiger partial charge is 0.443 e. The molecule has 1 heterocycles. The maximum atomic E-state index is 5.01. The molecule has 10 heavy (non-hydrogen) atoms. The Hall–Kier alpha value is -1.31. The van der Waals surface area contributed by atoms with Gasteiger partial charge in [0.15, 0.2) is 12.0 Å².